The molecule has 1 aliphatic heterocycles. The molecule has 3 nitrogen and oxygen atoms in total. The van der Waals surface area contributed by atoms with Crippen molar-refractivity contribution in [2.75, 3.05) is 18.0 Å². The fourth-order valence-corrected chi connectivity index (χ4v) is 3.43. The third-order valence-corrected chi connectivity index (χ3v) is 4.17. The number of rotatable bonds is 1. The molecule has 2 unspecified atom stereocenters. The van der Waals surface area contributed by atoms with Gasteiger partial charge in [0.1, 0.15) is 5.52 Å². The summed E-state index contributed by atoms with van der Waals surface area (Å²) in [6.07, 6.45) is 5.05. The number of aromatic nitrogens is 2. The van der Waals surface area contributed by atoms with Crippen LogP contribution < -0.4 is 4.90 Å². The van der Waals surface area contributed by atoms with Gasteiger partial charge in [-0.1, -0.05) is 13.8 Å². The number of piperidine rings is 1. The number of fused-ring (bicyclic) bond motifs is 1. The van der Waals surface area contributed by atoms with Gasteiger partial charge in [-0.15, -0.1) is 0 Å². The van der Waals surface area contributed by atoms with E-state index in [-0.39, 0.29) is 0 Å². The van der Waals surface area contributed by atoms with Gasteiger partial charge in [0.05, 0.1) is 11.2 Å². The second-order valence-electron chi connectivity index (χ2n) is 5.70. The molecule has 2 aromatic rings. The second-order valence-corrected chi connectivity index (χ2v) is 6.62. The summed E-state index contributed by atoms with van der Waals surface area (Å²) in [5, 5.41) is 0. The Hall–Kier alpha value is -1.16. The van der Waals surface area contributed by atoms with Crippen LogP contribution in [0.3, 0.4) is 0 Å². The maximum atomic E-state index is 4.55. The Balaban J connectivity index is 2.04. The minimum Gasteiger partial charge on any atom is -0.369 e. The summed E-state index contributed by atoms with van der Waals surface area (Å²) >= 11 is 3.46. The highest BCUT2D eigenvalue weighted by molar-refractivity contribution is 9.10. The van der Waals surface area contributed by atoms with Crippen LogP contribution in [-0.4, -0.2) is 23.1 Å². The molecule has 0 aromatic carbocycles. The summed E-state index contributed by atoms with van der Waals surface area (Å²) in [4.78, 5) is 11.4. The first-order chi connectivity index (χ1) is 9.13. The van der Waals surface area contributed by atoms with E-state index >= 15 is 0 Å². The van der Waals surface area contributed by atoms with Gasteiger partial charge in [-0.3, -0.25) is 9.97 Å². The minimum absolute atomic E-state index is 0.738. The Kier molecular flexibility index (Phi) is 3.44. The molecule has 0 N–H and O–H groups in total. The Morgan fingerprint density at radius 1 is 1.21 bits per heavy atom. The van der Waals surface area contributed by atoms with Gasteiger partial charge >= 0.3 is 0 Å². The van der Waals surface area contributed by atoms with E-state index in [0.29, 0.717) is 0 Å². The van der Waals surface area contributed by atoms with Crippen LogP contribution in [0.2, 0.25) is 0 Å². The zero-order chi connectivity index (χ0) is 13.4. The normalized spacial score (nSPS) is 23.8. The van der Waals surface area contributed by atoms with Crippen molar-refractivity contribution in [1.29, 1.82) is 0 Å². The summed E-state index contributed by atoms with van der Waals surface area (Å²) < 4.78 is 0.977. The van der Waals surface area contributed by atoms with E-state index in [2.05, 4.69) is 50.7 Å². The first-order valence-electron chi connectivity index (χ1n) is 6.78. The summed E-state index contributed by atoms with van der Waals surface area (Å²) in [5.74, 6) is 1.48. The number of halogens is 1. The van der Waals surface area contributed by atoms with Crippen molar-refractivity contribution in [3.63, 3.8) is 0 Å². The monoisotopic (exact) mass is 319 g/mol. The lowest BCUT2D eigenvalue weighted by Crippen LogP contribution is -2.38. The van der Waals surface area contributed by atoms with Crippen LogP contribution in [0.15, 0.2) is 29.0 Å². The maximum Gasteiger partial charge on any atom is 0.112 e. The summed E-state index contributed by atoms with van der Waals surface area (Å²) in [6, 6.07) is 4.12. The van der Waals surface area contributed by atoms with E-state index in [1.807, 2.05) is 18.5 Å². The number of anilines is 1. The van der Waals surface area contributed by atoms with Crippen molar-refractivity contribution in [3.05, 3.63) is 29.0 Å². The van der Waals surface area contributed by atoms with Crippen molar-refractivity contribution in [3.8, 4) is 0 Å². The second kappa shape index (κ2) is 5.08. The maximum absolute atomic E-state index is 4.55. The lowest BCUT2D eigenvalue weighted by Gasteiger charge is -2.36. The van der Waals surface area contributed by atoms with Crippen molar-refractivity contribution in [1.82, 2.24) is 9.97 Å². The molecule has 0 bridgehead atoms. The Bertz CT molecular complexity index is 589. The predicted molar refractivity (Wildman–Crippen MR) is 82.4 cm³/mol. The third-order valence-electron chi connectivity index (χ3n) is 3.73. The first-order valence-corrected chi connectivity index (χ1v) is 7.58. The zero-order valence-corrected chi connectivity index (χ0v) is 12.9. The van der Waals surface area contributed by atoms with Gasteiger partial charge in [-0.25, -0.2) is 0 Å². The molecule has 0 radical (unpaired) electrons. The molecule has 3 heterocycles. The Labute approximate surface area is 122 Å². The number of nitrogens with zero attached hydrogens (tertiary/aromatic N) is 3. The average molecular weight is 320 g/mol. The van der Waals surface area contributed by atoms with Crippen molar-refractivity contribution in [2.45, 2.75) is 20.3 Å². The van der Waals surface area contributed by atoms with Crippen LogP contribution >= 0.6 is 15.9 Å². The molecule has 2 atom stereocenters. The van der Waals surface area contributed by atoms with Gasteiger partial charge in [0.25, 0.3) is 0 Å². The van der Waals surface area contributed by atoms with Crippen LogP contribution in [0.4, 0.5) is 5.69 Å². The van der Waals surface area contributed by atoms with Gasteiger partial charge in [0.15, 0.2) is 0 Å². The molecule has 1 fully saturated rings. The first kappa shape index (κ1) is 12.9. The van der Waals surface area contributed by atoms with E-state index in [9.17, 15) is 0 Å². The molecular formula is C15H18BrN3. The van der Waals surface area contributed by atoms with Crippen molar-refractivity contribution >= 4 is 32.7 Å². The Morgan fingerprint density at radius 3 is 2.68 bits per heavy atom. The van der Waals surface area contributed by atoms with E-state index in [4.69, 9.17) is 0 Å². The molecule has 100 valence electrons. The zero-order valence-electron chi connectivity index (χ0n) is 11.3. The topological polar surface area (TPSA) is 29.0 Å². The van der Waals surface area contributed by atoms with Gasteiger partial charge in [0, 0.05) is 30.0 Å². The van der Waals surface area contributed by atoms with Gasteiger partial charge < -0.3 is 4.90 Å². The molecule has 0 amide bonds. The number of pyridine rings is 2. The molecule has 1 aliphatic rings. The predicted octanol–water partition coefficient (Wildman–Crippen LogP) is 3.87. The summed E-state index contributed by atoms with van der Waals surface area (Å²) in [7, 11) is 0. The lowest BCUT2D eigenvalue weighted by molar-refractivity contribution is 0.357. The standard InChI is InChI=1S/C15H18BrN3/c1-10-5-11(2)9-19(8-10)14-3-4-17-13-6-12(16)7-18-15(13)14/h3-4,6-7,10-11H,5,8-9H2,1-2H3. The van der Waals surface area contributed by atoms with Crippen LogP contribution in [0.5, 0.6) is 0 Å². The highest BCUT2D eigenvalue weighted by atomic mass is 79.9. The quantitative estimate of drug-likeness (QED) is 0.798. The molecular weight excluding hydrogens is 302 g/mol. The van der Waals surface area contributed by atoms with Crippen LogP contribution in [0, 0.1) is 11.8 Å². The fraction of sp³-hybridized carbons (Fsp3) is 0.467. The summed E-state index contributed by atoms with van der Waals surface area (Å²) in [5.41, 5.74) is 3.18. The van der Waals surface area contributed by atoms with Gasteiger partial charge in [0.2, 0.25) is 0 Å². The van der Waals surface area contributed by atoms with E-state index in [1.165, 1.54) is 12.1 Å². The molecule has 4 heteroatoms. The van der Waals surface area contributed by atoms with Crippen molar-refractivity contribution in [2.24, 2.45) is 11.8 Å². The molecule has 0 spiro atoms. The van der Waals surface area contributed by atoms with Crippen LogP contribution in [0.25, 0.3) is 11.0 Å². The smallest absolute Gasteiger partial charge is 0.112 e. The molecule has 1 saturated heterocycles. The minimum atomic E-state index is 0.738. The van der Waals surface area contributed by atoms with Crippen LogP contribution in [0.1, 0.15) is 20.3 Å². The molecule has 19 heavy (non-hydrogen) atoms. The number of hydrogen-bond acceptors (Lipinski definition) is 3. The van der Waals surface area contributed by atoms with Gasteiger partial charge in [-0.05, 0) is 46.3 Å². The molecule has 0 aliphatic carbocycles. The highest BCUT2D eigenvalue weighted by Gasteiger charge is 2.23. The molecule has 0 saturated carbocycles. The summed E-state index contributed by atoms with van der Waals surface area (Å²) in [6.45, 7) is 6.88. The average Bonchev–Trinajstić information content (AvgIpc) is 2.36. The third kappa shape index (κ3) is 2.59. The number of hydrogen-bond donors (Lipinski definition) is 0. The fourth-order valence-electron chi connectivity index (χ4n) is 3.11. The largest absolute Gasteiger partial charge is 0.369 e. The Morgan fingerprint density at radius 2 is 1.95 bits per heavy atom. The molecule has 2 aromatic heterocycles. The van der Waals surface area contributed by atoms with E-state index in [0.717, 1.165) is 40.4 Å². The highest BCUT2D eigenvalue weighted by Crippen LogP contribution is 2.30. The molecule has 3 rings (SSSR count). The SMILES string of the molecule is CC1CC(C)CN(c2ccnc3cc(Br)cnc23)C1. The van der Waals surface area contributed by atoms with Crippen molar-refractivity contribution < 1.29 is 0 Å². The van der Waals surface area contributed by atoms with Gasteiger partial charge in [-0.2, -0.15) is 0 Å². The van der Waals surface area contributed by atoms with E-state index in [1.54, 1.807) is 0 Å². The van der Waals surface area contributed by atoms with Crippen LogP contribution in [-0.2, 0) is 0 Å². The van der Waals surface area contributed by atoms with E-state index < -0.39 is 0 Å². The lowest BCUT2D eigenvalue weighted by atomic mass is 9.91.